The normalized spacial score (nSPS) is 11.4. The minimum absolute atomic E-state index is 0. The third-order valence-electron chi connectivity index (χ3n) is 3.60. The molecule has 5 nitrogen and oxygen atoms in total. The molecule has 1 atom stereocenters. The molecule has 0 aliphatic carbocycles. The molecule has 2 N–H and O–H groups in total. The van der Waals surface area contributed by atoms with E-state index in [9.17, 15) is 10.1 Å². The maximum absolute atomic E-state index is 10.7. The van der Waals surface area contributed by atoms with E-state index in [0.717, 1.165) is 13.1 Å². The average molecular weight is 370 g/mol. The Bertz CT molecular complexity index is 654. The molecule has 0 aliphatic rings. The molecule has 7 heteroatoms. The Balaban J connectivity index is 0.00000288. The Morgan fingerprint density at radius 1 is 1.17 bits per heavy atom. The molecule has 0 heterocycles. The van der Waals surface area contributed by atoms with Gasteiger partial charge in [0.15, 0.2) is 0 Å². The van der Waals surface area contributed by atoms with Gasteiger partial charge in [-0.3, -0.25) is 10.1 Å². The zero-order chi connectivity index (χ0) is 16.7. The third kappa shape index (κ3) is 6.00. The molecule has 0 saturated heterocycles. The molecule has 0 spiro atoms. The first-order chi connectivity index (χ1) is 11.1. The van der Waals surface area contributed by atoms with Crippen LogP contribution >= 0.6 is 24.0 Å². The summed E-state index contributed by atoms with van der Waals surface area (Å²) in [5, 5.41) is 17.6. The van der Waals surface area contributed by atoms with E-state index in [1.54, 1.807) is 6.07 Å². The topological polar surface area (TPSA) is 67.2 Å². The highest BCUT2D eigenvalue weighted by Gasteiger charge is 2.09. The van der Waals surface area contributed by atoms with E-state index in [2.05, 4.69) is 29.7 Å². The quantitative estimate of drug-likeness (QED) is 0.409. The average Bonchev–Trinajstić information content (AvgIpc) is 2.56. The van der Waals surface area contributed by atoms with E-state index in [-0.39, 0.29) is 18.1 Å². The summed E-state index contributed by atoms with van der Waals surface area (Å²) in [5.41, 5.74) is 2.01. The van der Waals surface area contributed by atoms with Gasteiger partial charge in [-0.05, 0) is 17.5 Å². The van der Waals surface area contributed by atoms with E-state index >= 15 is 0 Å². The van der Waals surface area contributed by atoms with Crippen molar-refractivity contribution in [1.82, 2.24) is 5.32 Å². The Morgan fingerprint density at radius 3 is 2.50 bits per heavy atom. The highest BCUT2D eigenvalue weighted by Crippen LogP contribution is 2.26. The van der Waals surface area contributed by atoms with Gasteiger partial charge in [0.2, 0.25) is 0 Å². The van der Waals surface area contributed by atoms with E-state index in [1.165, 1.54) is 17.7 Å². The lowest BCUT2D eigenvalue weighted by Crippen LogP contribution is -2.26. The van der Waals surface area contributed by atoms with Gasteiger partial charge in [-0.2, -0.15) is 0 Å². The van der Waals surface area contributed by atoms with Gasteiger partial charge in [-0.15, -0.1) is 12.4 Å². The molecule has 0 fully saturated rings. The molecular formula is C17H21Cl2N3O2. The SMILES string of the molecule is CC(CNCCNc1ccc([N+](=O)[O-])cc1Cl)c1ccccc1.Cl. The van der Waals surface area contributed by atoms with E-state index < -0.39 is 4.92 Å². The lowest BCUT2D eigenvalue weighted by molar-refractivity contribution is -0.384. The van der Waals surface area contributed by atoms with Crippen molar-refractivity contribution in [2.24, 2.45) is 0 Å². The van der Waals surface area contributed by atoms with Gasteiger partial charge in [-0.25, -0.2) is 0 Å². The van der Waals surface area contributed by atoms with E-state index in [1.807, 2.05) is 18.2 Å². The second-order valence-electron chi connectivity index (χ2n) is 5.36. The van der Waals surface area contributed by atoms with Crippen molar-refractivity contribution in [2.75, 3.05) is 25.0 Å². The van der Waals surface area contributed by atoms with Crippen molar-refractivity contribution in [3.63, 3.8) is 0 Å². The number of nitro benzene ring substituents is 1. The van der Waals surface area contributed by atoms with Crippen LogP contribution < -0.4 is 10.6 Å². The summed E-state index contributed by atoms with van der Waals surface area (Å²) in [6.45, 7) is 4.55. The predicted molar refractivity (Wildman–Crippen MR) is 102 cm³/mol. The number of hydrogen-bond acceptors (Lipinski definition) is 4. The second-order valence-corrected chi connectivity index (χ2v) is 5.77. The maximum atomic E-state index is 10.7. The number of halogens is 2. The molecule has 0 radical (unpaired) electrons. The molecule has 0 amide bonds. The van der Waals surface area contributed by atoms with Crippen LogP contribution in [0.15, 0.2) is 48.5 Å². The van der Waals surface area contributed by atoms with Crippen molar-refractivity contribution < 1.29 is 4.92 Å². The predicted octanol–water partition coefficient (Wildman–Crippen LogP) is 4.48. The van der Waals surface area contributed by atoms with Crippen LogP contribution in [0, 0.1) is 10.1 Å². The highest BCUT2D eigenvalue weighted by molar-refractivity contribution is 6.33. The molecule has 130 valence electrons. The van der Waals surface area contributed by atoms with Gasteiger partial charge in [-0.1, -0.05) is 48.9 Å². The molecule has 2 aromatic rings. The van der Waals surface area contributed by atoms with Gasteiger partial charge in [0.05, 0.1) is 15.6 Å². The molecule has 2 rings (SSSR count). The molecule has 2 aromatic carbocycles. The summed E-state index contributed by atoms with van der Waals surface area (Å²) in [6, 6.07) is 14.8. The fourth-order valence-electron chi connectivity index (χ4n) is 2.26. The summed E-state index contributed by atoms with van der Waals surface area (Å²) < 4.78 is 0. The summed E-state index contributed by atoms with van der Waals surface area (Å²) in [5.74, 6) is 0.444. The van der Waals surface area contributed by atoms with Crippen molar-refractivity contribution >= 4 is 35.4 Å². The standard InChI is InChI=1S/C17H20ClN3O2.ClH/c1-13(14-5-3-2-4-6-14)12-19-9-10-20-17-8-7-15(21(22)23)11-16(17)18;/h2-8,11,13,19-20H,9-10,12H2,1H3;1H. The van der Waals surface area contributed by atoms with Crippen LogP contribution in [0.5, 0.6) is 0 Å². The van der Waals surface area contributed by atoms with Gasteiger partial charge in [0, 0.05) is 31.8 Å². The van der Waals surface area contributed by atoms with Crippen molar-refractivity contribution in [2.45, 2.75) is 12.8 Å². The van der Waals surface area contributed by atoms with Gasteiger partial charge in [0.25, 0.3) is 5.69 Å². The van der Waals surface area contributed by atoms with Crippen LogP contribution in [0.4, 0.5) is 11.4 Å². The third-order valence-corrected chi connectivity index (χ3v) is 3.91. The van der Waals surface area contributed by atoms with Crippen molar-refractivity contribution in [3.05, 3.63) is 69.2 Å². The maximum Gasteiger partial charge on any atom is 0.271 e. The molecule has 1 unspecified atom stereocenters. The Hall–Kier alpha value is -1.82. The lowest BCUT2D eigenvalue weighted by Gasteiger charge is -2.14. The van der Waals surface area contributed by atoms with E-state index in [0.29, 0.717) is 23.2 Å². The second kappa shape index (κ2) is 10.1. The Kier molecular flexibility index (Phi) is 8.54. The Morgan fingerprint density at radius 2 is 1.88 bits per heavy atom. The molecular weight excluding hydrogens is 349 g/mol. The van der Waals surface area contributed by atoms with Gasteiger partial charge in [0.1, 0.15) is 0 Å². The molecule has 0 bridgehead atoms. The summed E-state index contributed by atoms with van der Waals surface area (Å²) >= 11 is 6.03. The first-order valence-electron chi connectivity index (χ1n) is 7.51. The molecule has 24 heavy (non-hydrogen) atoms. The van der Waals surface area contributed by atoms with Crippen LogP contribution in [0.3, 0.4) is 0 Å². The smallest absolute Gasteiger partial charge is 0.271 e. The number of rotatable bonds is 8. The van der Waals surface area contributed by atoms with Crippen LogP contribution in [0.2, 0.25) is 5.02 Å². The van der Waals surface area contributed by atoms with Crippen LogP contribution in [0.1, 0.15) is 18.4 Å². The van der Waals surface area contributed by atoms with Crippen LogP contribution in [0.25, 0.3) is 0 Å². The number of anilines is 1. The van der Waals surface area contributed by atoms with Crippen LogP contribution in [-0.2, 0) is 0 Å². The number of nitrogens with zero attached hydrogens (tertiary/aromatic N) is 1. The monoisotopic (exact) mass is 369 g/mol. The number of benzene rings is 2. The minimum atomic E-state index is -0.456. The largest absolute Gasteiger partial charge is 0.383 e. The summed E-state index contributed by atoms with van der Waals surface area (Å²) in [6.07, 6.45) is 0. The Labute approximate surface area is 153 Å². The highest BCUT2D eigenvalue weighted by atomic mass is 35.5. The zero-order valence-corrected chi connectivity index (χ0v) is 14.9. The first-order valence-corrected chi connectivity index (χ1v) is 7.89. The number of nitro groups is 1. The zero-order valence-electron chi connectivity index (χ0n) is 13.4. The number of nitrogens with one attached hydrogen (secondary N) is 2. The first kappa shape index (κ1) is 20.2. The molecule has 0 aliphatic heterocycles. The van der Waals surface area contributed by atoms with Gasteiger partial charge >= 0.3 is 0 Å². The van der Waals surface area contributed by atoms with Crippen molar-refractivity contribution in [1.29, 1.82) is 0 Å². The fraction of sp³-hybridized carbons (Fsp3) is 0.294. The lowest BCUT2D eigenvalue weighted by atomic mass is 10.0. The van der Waals surface area contributed by atoms with Crippen LogP contribution in [-0.4, -0.2) is 24.6 Å². The fourth-order valence-corrected chi connectivity index (χ4v) is 2.51. The molecule has 0 saturated carbocycles. The summed E-state index contributed by atoms with van der Waals surface area (Å²) in [7, 11) is 0. The minimum Gasteiger partial charge on any atom is -0.383 e. The number of hydrogen-bond donors (Lipinski definition) is 2. The van der Waals surface area contributed by atoms with Crippen molar-refractivity contribution in [3.8, 4) is 0 Å². The number of non-ortho nitro benzene ring substituents is 1. The van der Waals surface area contributed by atoms with E-state index in [4.69, 9.17) is 11.6 Å². The summed E-state index contributed by atoms with van der Waals surface area (Å²) in [4.78, 5) is 10.2. The van der Waals surface area contributed by atoms with Gasteiger partial charge < -0.3 is 10.6 Å². The molecule has 0 aromatic heterocycles.